The maximum atomic E-state index is 11.9. The van der Waals surface area contributed by atoms with Crippen LogP contribution >= 0.6 is 0 Å². The number of phenols is 1. The van der Waals surface area contributed by atoms with Gasteiger partial charge in [-0.25, -0.2) is 13.6 Å². The van der Waals surface area contributed by atoms with E-state index in [0.29, 0.717) is 5.69 Å². The highest BCUT2D eigenvalue weighted by atomic mass is 32.2. The van der Waals surface area contributed by atoms with Gasteiger partial charge in [0.15, 0.2) is 0 Å². The van der Waals surface area contributed by atoms with Gasteiger partial charge in [0.2, 0.25) is 15.9 Å². The fraction of sp³-hybridized carbons (Fsp3) is 0.417. The Labute approximate surface area is 111 Å². The number of carbonyl (C=O) groups excluding carboxylic acids is 1. The van der Waals surface area contributed by atoms with Gasteiger partial charge in [-0.3, -0.25) is 4.79 Å². The Morgan fingerprint density at radius 2 is 2.16 bits per heavy atom. The molecule has 6 nitrogen and oxygen atoms in total. The molecule has 1 atom stereocenters. The Morgan fingerprint density at radius 3 is 2.79 bits per heavy atom. The van der Waals surface area contributed by atoms with Gasteiger partial charge in [-0.15, -0.1) is 0 Å². The minimum atomic E-state index is -3.60. The molecular weight excluding hydrogens is 268 g/mol. The maximum absolute atomic E-state index is 11.9. The Bertz CT molecular complexity index is 612. The van der Waals surface area contributed by atoms with E-state index in [9.17, 15) is 18.3 Å². The van der Waals surface area contributed by atoms with Crippen LogP contribution in [-0.4, -0.2) is 31.7 Å². The summed E-state index contributed by atoms with van der Waals surface area (Å²) in [5.41, 5.74) is 1.33. The summed E-state index contributed by atoms with van der Waals surface area (Å²) in [5.74, 6) is -0.742. The zero-order valence-corrected chi connectivity index (χ0v) is 11.4. The molecule has 0 radical (unpaired) electrons. The quantitative estimate of drug-likeness (QED) is 0.835. The number of sulfonamides is 1. The third-order valence-corrected chi connectivity index (χ3v) is 4.03. The average molecular weight is 284 g/mol. The van der Waals surface area contributed by atoms with Gasteiger partial charge in [0.25, 0.3) is 0 Å². The highest BCUT2D eigenvalue weighted by molar-refractivity contribution is 7.89. The molecule has 1 fully saturated rings. The molecular formula is C12H16N2O4S. The number of rotatable bonds is 3. The number of nitrogens with two attached hydrogens (primary N) is 1. The van der Waals surface area contributed by atoms with Crippen molar-refractivity contribution < 1.29 is 18.3 Å². The molecule has 1 aliphatic heterocycles. The summed E-state index contributed by atoms with van der Waals surface area (Å²) < 4.78 is 22.1. The van der Waals surface area contributed by atoms with Crippen molar-refractivity contribution in [1.29, 1.82) is 0 Å². The Morgan fingerprint density at radius 1 is 1.47 bits per heavy atom. The molecule has 104 valence electrons. The van der Waals surface area contributed by atoms with Gasteiger partial charge in [-0.1, -0.05) is 6.07 Å². The van der Waals surface area contributed by atoms with E-state index in [2.05, 4.69) is 0 Å². The third kappa shape index (κ3) is 3.24. The second-order valence-corrected chi connectivity index (χ2v) is 6.56. The number of nitrogens with zero attached hydrogens (tertiary/aromatic N) is 1. The van der Waals surface area contributed by atoms with Crippen molar-refractivity contribution >= 4 is 21.6 Å². The number of phenolic OH excluding ortho intramolecular Hbond substituents is 1. The van der Waals surface area contributed by atoms with Crippen LogP contribution in [0.25, 0.3) is 0 Å². The molecule has 1 amide bonds. The second-order valence-electron chi connectivity index (χ2n) is 4.90. The van der Waals surface area contributed by atoms with Crippen molar-refractivity contribution in [1.82, 2.24) is 0 Å². The predicted molar refractivity (Wildman–Crippen MR) is 71.3 cm³/mol. The van der Waals surface area contributed by atoms with Gasteiger partial charge in [0.1, 0.15) is 5.75 Å². The lowest BCUT2D eigenvalue weighted by Gasteiger charge is -2.18. The second kappa shape index (κ2) is 4.82. The number of anilines is 1. The number of amides is 1. The Kier molecular flexibility index (Phi) is 3.51. The van der Waals surface area contributed by atoms with Gasteiger partial charge in [0, 0.05) is 18.9 Å². The molecule has 1 aliphatic rings. The number of aryl methyl sites for hydroxylation is 1. The van der Waals surface area contributed by atoms with Crippen LogP contribution in [0.1, 0.15) is 12.0 Å². The molecule has 7 heteroatoms. The number of hydrogen-bond donors (Lipinski definition) is 2. The lowest BCUT2D eigenvalue weighted by atomic mass is 10.1. The monoisotopic (exact) mass is 284 g/mol. The van der Waals surface area contributed by atoms with Crippen molar-refractivity contribution in [3.8, 4) is 5.75 Å². The Hall–Kier alpha value is -1.60. The van der Waals surface area contributed by atoms with Crippen molar-refractivity contribution in [2.45, 2.75) is 13.3 Å². The molecule has 0 saturated carbocycles. The van der Waals surface area contributed by atoms with Crippen molar-refractivity contribution in [2.75, 3.05) is 17.2 Å². The van der Waals surface area contributed by atoms with E-state index >= 15 is 0 Å². The largest absolute Gasteiger partial charge is 0.506 e. The van der Waals surface area contributed by atoms with E-state index in [1.165, 1.54) is 11.0 Å². The van der Waals surface area contributed by atoms with E-state index in [1.54, 1.807) is 12.1 Å². The van der Waals surface area contributed by atoms with E-state index in [-0.39, 0.29) is 36.3 Å². The summed E-state index contributed by atoms with van der Waals surface area (Å²) in [5, 5.41) is 14.8. The normalized spacial score (nSPS) is 20.0. The van der Waals surface area contributed by atoms with Gasteiger partial charge >= 0.3 is 0 Å². The zero-order chi connectivity index (χ0) is 14.2. The van der Waals surface area contributed by atoms with Crippen molar-refractivity contribution in [2.24, 2.45) is 11.1 Å². The fourth-order valence-electron chi connectivity index (χ4n) is 2.30. The molecule has 0 spiro atoms. The van der Waals surface area contributed by atoms with Gasteiger partial charge in [0.05, 0.1) is 11.4 Å². The van der Waals surface area contributed by atoms with Crippen molar-refractivity contribution in [3.05, 3.63) is 23.8 Å². The molecule has 1 unspecified atom stereocenters. The first-order chi connectivity index (χ1) is 8.76. The molecule has 0 aliphatic carbocycles. The molecule has 3 N–H and O–H groups in total. The fourth-order valence-corrected chi connectivity index (χ4v) is 3.18. The van der Waals surface area contributed by atoms with Crippen LogP contribution in [0.5, 0.6) is 5.75 Å². The summed E-state index contributed by atoms with van der Waals surface area (Å²) in [7, 11) is -3.60. The number of carbonyl (C=O) groups is 1. The van der Waals surface area contributed by atoms with Crippen LogP contribution in [0, 0.1) is 12.8 Å². The summed E-state index contributed by atoms with van der Waals surface area (Å²) in [6.07, 6.45) is 0.129. The number of hydrogen-bond acceptors (Lipinski definition) is 4. The minimum Gasteiger partial charge on any atom is -0.506 e. The first-order valence-corrected chi connectivity index (χ1v) is 7.58. The summed E-state index contributed by atoms with van der Waals surface area (Å²) in [6, 6.07) is 4.96. The van der Waals surface area contributed by atoms with Crippen LogP contribution in [0.4, 0.5) is 5.69 Å². The minimum absolute atomic E-state index is 0.00945. The van der Waals surface area contributed by atoms with Crippen LogP contribution in [0.15, 0.2) is 18.2 Å². The summed E-state index contributed by atoms with van der Waals surface area (Å²) >= 11 is 0. The first kappa shape index (κ1) is 13.8. The molecule has 1 aromatic rings. The first-order valence-electron chi connectivity index (χ1n) is 5.87. The molecule has 0 bridgehead atoms. The Balaban J connectivity index is 2.23. The summed E-state index contributed by atoms with van der Waals surface area (Å²) in [6.45, 7) is 2.11. The highest BCUT2D eigenvalue weighted by Gasteiger charge is 2.33. The molecule has 19 heavy (non-hydrogen) atoms. The number of benzene rings is 1. The molecule has 1 heterocycles. The van der Waals surface area contributed by atoms with E-state index < -0.39 is 10.0 Å². The van der Waals surface area contributed by atoms with Gasteiger partial charge < -0.3 is 10.0 Å². The van der Waals surface area contributed by atoms with Crippen LogP contribution in [0.2, 0.25) is 0 Å². The molecule has 2 rings (SSSR count). The zero-order valence-electron chi connectivity index (χ0n) is 10.5. The maximum Gasteiger partial charge on any atom is 0.227 e. The van der Waals surface area contributed by atoms with E-state index in [0.717, 1.165) is 5.56 Å². The van der Waals surface area contributed by atoms with Gasteiger partial charge in [-0.05, 0) is 24.6 Å². The van der Waals surface area contributed by atoms with Crippen LogP contribution in [-0.2, 0) is 14.8 Å². The highest BCUT2D eigenvalue weighted by Crippen LogP contribution is 2.33. The van der Waals surface area contributed by atoms with Crippen molar-refractivity contribution in [3.63, 3.8) is 0 Å². The summed E-state index contributed by atoms with van der Waals surface area (Å²) in [4.78, 5) is 13.3. The number of aromatic hydroxyl groups is 1. The predicted octanol–water partition coefficient (Wildman–Crippen LogP) is 0.342. The standard InChI is InChI=1S/C12H16N2O4S/c1-8-2-3-11(15)10(4-8)14-6-9(5-12(14)16)7-19(13,17)18/h2-4,9,15H,5-7H2,1H3,(H2,13,17,18). The topological polar surface area (TPSA) is 101 Å². The van der Waals surface area contributed by atoms with E-state index in [1.807, 2.05) is 6.92 Å². The van der Waals surface area contributed by atoms with Crippen LogP contribution in [0.3, 0.4) is 0 Å². The third-order valence-electron chi connectivity index (χ3n) is 3.09. The molecule has 1 aromatic carbocycles. The molecule has 0 aromatic heterocycles. The molecule has 1 saturated heterocycles. The number of primary sulfonamides is 1. The lowest BCUT2D eigenvalue weighted by molar-refractivity contribution is -0.117. The van der Waals surface area contributed by atoms with Crippen LogP contribution < -0.4 is 10.0 Å². The lowest BCUT2D eigenvalue weighted by Crippen LogP contribution is -2.27. The smallest absolute Gasteiger partial charge is 0.227 e. The van der Waals surface area contributed by atoms with Gasteiger partial charge in [-0.2, -0.15) is 0 Å². The van der Waals surface area contributed by atoms with E-state index in [4.69, 9.17) is 5.14 Å². The average Bonchev–Trinajstić information content (AvgIpc) is 2.60. The SMILES string of the molecule is Cc1ccc(O)c(N2CC(CS(N)(=O)=O)CC2=O)c1.